The lowest BCUT2D eigenvalue weighted by Gasteiger charge is -2.36. The average molecular weight is 373 g/mol. The fourth-order valence-electron chi connectivity index (χ4n) is 3.37. The van der Waals surface area contributed by atoms with E-state index in [1.54, 1.807) is 0 Å². The van der Waals surface area contributed by atoms with Crippen molar-refractivity contribution < 1.29 is 14.3 Å². The van der Waals surface area contributed by atoms with Crippen LogP contribution in [-0.4, -0.2) is 43.8 Å². The molecule has 0 aliphatic carbocycles. The van der Waals surface area contributed by atoms with Crippen LogP contribution < -0.4 is 14.4 Å². The maximum Gasteiger partial charge on any atom is 0.231 e. The Kier molecular flexibility index (Phi) is 4.89. The van der Waals surface area contributed by atoms with Gasteiger partial charge in [-0.2, -0.15) is 0 Å². The van der Waals surface area contributed by atoms with Crippen molar-refractivity contribution in [2.75, 3.05) is 37.9 Å². The molecular weight excluding hydrogens is 352 g/mol. The van der Waals surface area contributed by atoms with E-state index in [1.807, 2.05) is 47.4 Å². The molecule has 0 unspecified atom stereocenters. The molecule has 0 bridgehead atoms. The summed E-state index contributed by atoms with van der Waals surface area (Å²) in [4.78, 5) is 16.8. The van der Waals surface area contributed by atoms with Gasteiger partial charge >= 0.3 is 0 Å². The van der Waals surface area contributed by atoms with Crippen molar-refractivity contribution in [1.82, 2.24) is 4.90 Å². The van der Waals surface area contributed by atoms with Crippen LogP contribution in [0.25, 0.3) is 0 Å². The van der Waals surface area contributed by atoms with Crippen LogP contribution >= 0.6 is 11.6 Å². The molecule has 0 atom stereocenters. The zero-order chi connectivity index (χ0) is 17.9. The Morgan fingerprint density at radius 1 is 0.962 bits per heavy atom. The van der Waals surface area contributed by atoms with Crippen molar-refractivity contribution in [2.45, 2.75) is 12.8 Å². The largest absolute Gasteiger partial charge is 0.454 e. The topological polar surface area (TPSA) is 42.0 Å². The maximum atomic E-state index is 12.5. The number of hydrogen-bond acceptors (Lipinski definition) is 4. The molecule has 0 spiro atoms. The number of amides is 1. The minimum Gasteiger partial charge on any atom is -0.454 e. The number of carbonyl (C=O) groups excluding carboxylic acids is 1. The SMILES string of the molecule is O=C(CCc1ccc2c(c1)OCO2)N1CCN(c2ccc(Cl)cc2)CC1. The summed E-state index contributed by atoms with van der Waals surface area (Å²) in [5.41, 5.74) is 2.25. The molecule has 1 amide bonds. The summed E-state index contributed by atoms with van der Waals surface area (Å²) >= 11 is 5.95. The van der Waals surface area contributed by atoms with E-state index < -0.39 is 0 Å². The molecule has 2 aliphatic heterocycles. The Hall–Kier alpha value is -2.40. The van der Waals surface area contributed by atoms with E-state index in [4.69, 9.17) is 21.1 Å². The van der Waals surface area contributed by atoms with Crippen LogP contribution in [0.15, 0.2) is 42.5 Å². The van der Waals surface area contributed by atoms with Crippen LogP contribution in [0.3, 0.4) is 0 Å². The highest BCUT2D eigenvalue weighted by atomic mass is 35.5. The number of hydrogen-bond donors (Lipinski definition) is 0. The van der Waals surface area contributed by atoms with Gasteiger partial charge in [0, 0.05) is 43.3 Å². The van der Waals surface area contributed by atoms with Crippen LogP contribution in [0.4, 0.5) is 5.69 Å². The molecule has 2 aromatic rings. The van der Waals surface area contributed by atoms with Gasteiger partial charge in [0.15, 0.2) is 11.5 Å². The smallest absolute Gasteiger partial charge is 0.231 e. The van der Waals surface area contributed by atoms with Gasteiger partial charge in [-0.05, 0) is 48.4 Å². The van der Waals surface area contributed by atoms with Gasteiger partial charge in [-0.3, -0.25) is 4.79 Å². The first-order valence-corrected chi connectivity index (χ1v) is 9.24. The summed E-state index contributed by atoms with van der Waals surface area (Å²) in [6.07, 6.45) is 1.23. The Labute approximate surface area is 158 Å². The van der Waals surface area contributed by atoms with E-state index in [1.165, 1.54) is 0 Å². The summed E-state index contributed by atoms with van der Waals surface area (Å²) in [7, 11) is 0. The maximum absolute atomic E-state index is 12.5. The summed E-state index contributed by atoms with van der Waals surface area (Å²) in [6, 6.07) is 13.7. The molecule has 0 radical (unpaired) electrons. The van der Waals surface area contributed by atoms with Gasteiger partial charge in [0.1, 0.15) is 0 Å². The lowest BCUT2D eigenvalue weighted by atomic mass is 10.1. The first kappa shape index (κ1) is 17.0. The Morgan fingerprint density at radius 2 is 1.69 bits per heavy atom. The zero-order valence-electron chi connectivity index (χ0n) is 14.5. The monoisotopic (exact) mass is 372 g/mol. The van der Waals surface area contributed by atoms with Gasteiger partial charge in [0.25, 0.3) is 0 Å². The van der Waals surface area contributed by atoms with Crippen LogP contribution in [0, 0.1) is 0 Å². The molecule has 2 aromatic carbocycles. The number of ether oxygens (including phenoxy) is 2. The fraction of sp³-hybridized carbons (Fsp3) is 0.350. The molecule has 4 rings (SSSR count). The number of rotatable bonds is 4. The molecule has 2 aliphatic rings. The molecule has 1 saturated heterocycles. The van der Waals surface area contributed by atoms with Crippen LogP contribution in [0.2, 0.25) is 5.02 Å². The van der Waals surface area contributed by atoms with Crippen molar-refractivity contribution >= 4 is 23.2 Å². The number of piperazine rings is 1. The molecule has 6 heteroatoms. The molecular formula is C20H21ClN2O3. The molecule has 1 fully saturated rings. The predicted molar refractivity (Wildman–Crippen MR) is 101 cm³/mol. The second-order valence-electron chi connectivity index (χ2n) is 6.53. The van der Waals surface area contributed by atoms with E-state index in [0.29, 0.717) is 12.8 Å². The molecule has 0 N–H and O–H groups in total. The highest BCUT2D eigenvalue weighted by Crippen LogP contribution is 2.32. The summed E-state index contributed by atoms with van der Waals surface area (Å²) in [5, 5.41) is 0.742. The molecule has 0 saturated carbocycles. The van der Waals surface area contributed by atoms with E-state index >= 15 is 0 Å². The minimum atomic E-state index is 0.207. The van der Waals surface area contributed by atoms with Crippen molar-refractivity contribution in [3.63, 3.8) is 0 Å². The van der Waals surface area contributed by atoms with Crippen molar-refractivity contribution in [1.29, 1.82) is 0 Å². The van der Waals surface area contributed by atoms with E-state index in [9.17, 15) is 4.79 Å². The van der Waals surface area contributed by atoms with Crippen LogP contribution in [0.1, 0.15) is 12.0 Å². The van der Waals surface area contributed by atoms with E-state index in [2.05, 4.69) is 4.90 Å². The second-order valence-corrected chi connectivity index (χ2v) is 6.97. The first-order chi connectivity index (χ1) is 12.7. The molecule has 136 valence electrons. The zero-order valence-corrected chi connectivity index (χ0v) is 15.2. The van der Waals surface area contributed by atoms with E-state index in [-0.39, 0.29) is 12.7 Å². The van der Waals surface area contributed by atoms with Gasteiger partial charge < -0.3 is 19.3 Å². The van der Waals surface area contributed by atoms with Gasteiger partial charge in [-0.25, -0.2) is 0 Å². The number of aryl methyl sites for hydroxylation is 1. The Morgan fingerprint density at radius 3 is 2.46 bits per heavy atom. The normalized spacial score (nSPS) is 16.0. The third-order valence-corrected chi connectivity index (χ3v) is 5.14. The first-order valence-electron chi connectivity index (χ1n) is 8.86. The predicted octanol–water partition coefficient (Wildman–Crippen LogP) is 3.35. The number of nitrogens with zero attached hydrogens (tertiary/aromatic N) is 2. The lowest BCUT2D eigenvalue weighted by Crippen LogP contribution is -2.48. The number of carbonyl (C=O) groups is 1. The van der Waals surface area contributed by atoms with E-state index in [0.717, 1.165) is 54.0 Å². The highest BCUT2D eigenvalue weighted by Gasteiger charge is 2.21. The van der Waals surface area contributed by atoms with Crippen LogP contribution in [0.5, 0.6) is 11.5 Å². The van der Waals surface area contributed by atoms with Gasteiger partial charge in [-0.15, -0.1) is 0 Å². The van der Waals surface area contributed by atoms with Gasteiger partial charge in [0.2, 0.25) is 12.7 Å². The number of benzene rings is 2. The quantitative estimate of drug-likeness (QED) is 0.825. The van der Waals surface area contributed by atoms with Crippen molar-refractivity contribution in [2.24, 2.45) is 0 Å². The minimum absolute atomic E-state index is 0.207. The third-order valence-electron chi connectivity index (χ3n) is 4.89. The second kappa shape index (κ2) is 7.46. The highest BCUT2D eigenvalue weighted by molar-refractivity contribution is 6.30. The van der Waals surface area contributed by atoms with Crippen molar-refractivity contribution in [3.8, 4) is 11.5 Å². The van der Waals surface area contributed by atoms with Gasteiger partial charge in [-0.1, -0.05) is 17.7 Å². The number of halogens is 1. The van der Waals surface area contributed by atoms with Crippen molar-refractivity contribution in [3.05, 3.63) is 53.1 Å². The lowest BCUT2D eigenvalue weighted by molar-refractivity contribution is -0.131. The Bertz CT molecular complexity index is 786. The average Bonchev–Trinajstić information content (AvgIpc) is 3.15. The Balaban J connectivity index is 1.27. The summed E-state index contributed by atoms with van der Waals surface area (Å²) in [5.74, 6) is 1.75. The third kappa shape index (κ3) is 3.73. The molecule has 2 heterocycles. The van der Waals surface area contributed by atoms with Gasteiger partial charge in [0.05, 0.1) is 0 Å². The number of fused-ring (bicyclic) bond motifs is 1. The summed E-state index contributed by atoms with van der Waals surface area (Å²) in [6.45, 7) is 3.47. The summed E-state index contributed by atoms with van der Waals surface area (Å²) < 4.78 is 10.7. The molecule has 5 nitrogen and oxygen atoms in total. The standard InChI is InChI=1S/C20H21ClN2O3/c21-16-3-5-17(6-4-16)22-9-11-23(12-10-22)20(24)8-2-15-1-7-18-19(13-15)26-14-25-18/h1,3-7,13H,2,8-12,14H2. The fourth-order valence-corrected chi connectivity index (χ4v) is 3.50. The molecule has 26 heavy (non-hydrogen) atoms. The van der Waals surface area contributed by atoms with Crippen LogP contribution in [-0.2, 0) is 11.2 Å². The number of anilines is 1. The molecule has 0 aromatic heterocycles.